The van der Waals surface area contributed by atoms with Gasteiger partial charge in [-0.25, -0.2) is 13.6 Å². The van der Waals surface area contributed by atoms with E-state index in [0.29, 0.717) is 0 Å². The smallest absolute Gasteiger partial charge is 0.331 e. The highest BCUT2D eigenvalue weighted by molar-refractivity contribution is 7.89. The molecule has 1 aliphatic heterocycles. The molecule has 31 heavy (non-hydrogen) atoms. The number of thiocarbonyl (C=S) groups is 1. The number of nitrogens with zero attached hydrogens (tertiary/aromatic N) is 2. The summed E-state index contributed by atoms with van der Waals surface area (Å²) >= 11 is 5.07. The minimum atomic E-state index is -4.65. The number of primary sulfonamides is 1. The van der Waals surface area contributed by atoms with Gasteiger partial charge in [0.15, 0.2) is 10.8 Å². The minimum Gasteiger partial charge on any atom is -0.331 e. The van der Waals surface area contributed by atoms with Crippen LogP contribution in [0.4, 0.5) is 24.5 Å². The number of halogens is 3. The standard InChI is InChI=1S/C18H16F3N5O3S2/c1-2-26-15-12(7-4-8-13(15)18(19,20)21)14(16(26)27)24-25-17(30)23-10-5-3-6-11(9-10)31(22,28)29/h3-9H,2H2,1H3,(H2,22,28,29)(H2,23,25,30). The number of nitrogens with one attached hydrogen (secondary N) is 2. The molecule has 2 aromatic rings. The second-order valence-electron chi connectivity index (χ2n) is 6.35. The number of hydrogen-bond donors (Lipinski definition) is 3. The molecule has 1 heterocycles. The predicted octanol–water partition coefficient (Wildman–Crippen LogP) is 2.41. The van der Waals surface area contributed by atoms with Gasteiger partial charge in [0, 0.05) is 17.8 Å². The summed E-state index contributed by atoms with van der Waals surface area (Å²) in [5.41, 5.74) is 1.27. The lowest BCUT2D eigenvalue weighted by molar-refractivity contribution is -0.137. The van der Waals surface area contributed by atoms with Gasteiger partial charge in [-0.05, 0) is 43.4 Å². The fourth-order valence-corrected chi connectivity index (χ4v) is 3.75. The number of likely N-dealkylation sites (N-methyl/N-ethyl adjacent to an activating group) is 1. The topological polar surface area (TPSA) is 117 Å². The van der Waals surface area contributed by atoms with Crippen molar-refractivity contribution >= 4 is 50.3 Å². The zero-order valence-corrected chi connectivity index (χ0v) is 17.5. The van der Waals surface area contributed by atoms with Crippen LogP contribution in [0.25, 0.3) is 0 Å². The molecule has 0 spiro atoms. The Balaban J connectivity index is 1.87. The highest BCUT2D eigenvalue weighted by atomic mass is 32.2. The summed E-state index contributed by atoms with van der Waals surface area (Å²) in [6.45, 7) is 1.57. The molecule has 0 saturated heterocycles. The fraction of sp³-hybridized carbons (Fsp3) is 0.167. The molecule has 164 valence electrons. The Morgan fingerprint density at radius 2 is 1.90 bits per heavy atom. The number of fused-ring (bicyclic) bond motifs is 1. The zero-order valence-electron chi connectivity index (χ0n) is 15.9. The van der Waals surface area contributed by atoms with Crippen LogP contribution in [0.15, 0.2) is 52.5 Å². The Kier molecular flexibility index (Phi) is 6.02. The average Bonchev–Trinajstić information content (AvgIpc) is 2.95. The number of sulfonamides is 1. The fourth-order valence-electron chi connectivity index (χ4n) is 3.03. The summed E-state index contributed by atoms with van der Waals surface area (Å²) in [7, 11) is -3.93. The summed E-state index contributed by atoms with van der Waals surface area (Å²) in [4.78, 5) is 13.5. The van der Waals surface area contributed by atoms with Gasteiger partial charge in [-0.15, -0.1) is 0 Å². The van der Waals surface area contributed by atoms with E-state index in [2.05, 4.69) is 15.8 Å². The number of hydrazone groups is 1. The number of amides is 1. The summed E-state index contributed by atoms with van der Waals surface area (Å²) in [5, 5.41) is 11.5. The van der Waals surface area contributed by atoms with E-state index in [4.69, 9.17) is 17.4 Å². The van der Waals surface area contributed by atoms with Crippen LogP contribution in [0.5, 0.6) is 0 Å². The molecule has 0 radical (unpaired) electrons. The first-order valence-electron chi connectivity index (χ1n) is 8.73. The number of rotatable bonds is 4. The Bertz CT molecular complexity index is 1200. The third-order valence-corrected chi connectivity index (χ3v) is 5.42. The van der Waals surface area contributed by atoms with Gasteiger partial charge < -0.3 is 10.2 Å². The third kappa shape index (κ3) is 4.68. The van der Waals surface area contributed by atoms with Gasteiger partial charge in [0.05, 0.1) is 16.1 Å². The van der Waals surface area contributed by atoms with Crippen molar-refractivity contribution in [2.45, 2.75) is 18.0 Å². The van der Waals surface area contributed by atoms with Gasteiger partial charge in [0.25, 0.3) is 5.91 Å². The van der Waals surface area contributed by atoms with Gasteiger partial charge in [-0.1, -0.05) is 18.2 Å². The molecule has 0 aliphatic carbocycles. The van der Waals surface area contributed by atoms with Gasteiger partial charge in [0.2, 0.25) is 10.0 Å². The van der Waals surface area contributed by atoms with Crippen molar-refractivity contribution in [2.24, 2.45) is 10.2 Å². The maximum absolute atomic E-state index is 13.4. The molecule has 1 aliphatic rings. The quantitative estimate of drug-likeness (QED) is 0.466. The van der Waals surface area contributed by atoms with E-state index in [1.807, 2.05) is 0 Å². The van der Waals surface area contributed by atoms with Crippen LogP contribution in [0.1, 0.15) is 18.1 Å². The number of benzene rings is 2. The maximum atomic E-state index is 13.4. The summed E-state index contributed by atoms with van der Waals surface area (Å²) in [6.07, 6.45) is -4.65. The van der Waals surface area contributed by atoms with E-state index in [1.54, 1.807) is 6.92 Å². The number of carbonyl (C=O) groups excluding carboxylic acids is 1. The van der Waals surface area contributed by atoms with Crippen LogP contribution in [-0.2, 0) is 21.0 Å². The maximum Gasteiger partial charge on any atom is 0.418 e. The molecule has 0 fully saturated rings. The van der Waals surface area contributed by atoms with Crippen molar-refractivity contribution in [3.05, 3.63) is 53.6 Å². The van der Waals surface area contributed by atoms with Crippen LogP contribution in [0.3, 0.4) is 0 Å². The van der Waals surface area contributed by atoms with Gasteiger partial charge in [-0.3, -0.25) is 10.2 Å². The molecule has 3 rings (SSSR count). The molecule has 2 aromatic carbocycles. The van der Waals surface area contributed by atoms with Crippen molar-refractivity contribution in [3.63, 3.8) is 0 Å². The average molecular weight is 471 g/mol. The Hall–Kier alpha value is -3.03. The lowest BCUT2D eigenvalue weighted by Gasteiger charge is -2.19. The number of para-hydroxylation sites is 1. The normalized spacial score (nSPS) is 15.2. The van der Waals surface area contributed by atoms with E-state index in [1.165, 1.54) is 36.4 Å². The molecule has 8 nitrogen and oxygen atoms in total. The van der Waals surface area contributed by atoms with Crippen LogP contribution < -0.4 is 20.8 Å². The minimum absolute atomic E-state index is 0.0149. The molecule has 0 saturated carbocycles. The van der Waals surface area contributed by atoms with Crippen LogP contribution in [0, 0.1) is 0 Å². The van der Waals surface area contributed by atoms with E-state index in [-0.39, 0.29) is 39.2 Å². The first kappa shape index (κ1) is 22.7. The van der Waals surface area contributed by atoms with Crippen molar-refractivity contribution < 1.29 is 26.4 Å². The molecule has 1 amide bonds. The number of alkyl halides is 3. The first-order chi connectivity index (χ1) is 14.4. The Labute approximate surface area is 181 Å². The lowest BCUT2D eigenvalue weighted by Crippen LogP contribution is -2.33. The molecule has 0 aromatic heterocycles. The second-order valence-corrected chi connectivity index (χ2v) is 8.32. The summed E-state index contributed by atoms with van der Waals surface area (Å²) < 4.78 is 63.1. The largest absolute Gasteiger partial charge is 0.418 e. The Morgan fingerprint density at radius 1 is 1.23 bits per heavy atom. The molecule has 0 atom stereocenters. The molecular weight excluding hydrogens is 455 g/mol. The van der Waals surface area contributed by atoms with Gasteiger partial charge >= 0.3 is 6.18 Å². The molecule has 0 bridgehead atoms. The summed E-state index contributed by atoms with van der Waals surface area (Å²) in [6, 6.07) is 8.94. The number of hydrogen-bond acceptors (Lipinski definition) is 5. The SMILES string of the molecule is CCN1C(=O)C(=NNC(=S)Nc2cccc(S(N)(=O)=O)c2)c2cccc(C(F)(F)F)c21. The number of nitrogens with two attached hydrogens (primary N) is 1. The van der Waals surface area contributed by atoms with Crippen molar-refractivity contribution in [2.75, 3.05) is 16.8 Å². The molecule has 4 N–H and O–H groups in total. The Morgan fingerprint density at radius 3 is 2.52 bits per heavy atom. The van der Waals surface area contributed by atoms with E-state index in [0.717, 1.165) is 11.0 Å². The summed E-state index contributed by atoms with van der Waals surface area (Å²) in [5.74, 6) is -0.708. The lowest BCUT2D eigenvalue weighted by atomic mass is 10.1. The van der Waals surface area contributed by atoms with Crippen molar-refractivity contribution in [1.82, 2.24) is 5.43 Å². The molecular formula is C18H16F3N5O3S2. The van der Waals surface area contributed by atoms with Crippen LogP contribution in [-0.4, -0.2) is 31.7 Å². The number of anilines is 2. The van der Waals surface area contributed by atoms with Gasteiger partial charge in [-0.2, -0.15) is 18.3 Å². The van der Waals surface area contributed by atoms with E-state index >= 15 is 0 Å². The predicted molar refractivity (Wildman–Crippen MR) is 113 cm³/mol. The highest BCUT2D eigenvalue weighted by Crippen LogP contribution is 2.41. The number of carbonyl (C=O) groups is 1. The van der Waals surface area contributed by atoms with Crippen molar-refractivity contribution in [3.8, 4) is 0 Å². The monoisotopic (exact) mass is 471 g/mol. The zero-order chi connectivity index (χ0) is 23.0. The van der Waals surface area contributed by atoms with Crippen molar-refractivity contribution in [1.29, 1.82) is 0 Å². The van der Waals surface area contributed by atoms with E-state index < -0.39 is 27.7 Å². The molecule has 13 heteroatoms. The third-order valence-electron chi connectivity index (χ3n) is 4.32. The van der Waals surface area contributed by atoms with E-state index in [9.17, 15) is 26.4 Å². The van der Waals surface area contributed by atoms with Gasteiger partial charge in [0.1, 0.15) is 0 Å². The first-order valence-corrected chi connectivity index (χ1v) is 10.7. The highest BCUT2D eigenvalue weighted by Gasteiger charge is 2.42. The van der Waals surface area contributed by atoms with Crippen LogP contribution in [0.2, 0.25) is 0 Å². The second kappa shape index (κ2) is 8.24. The van der Waals surface area contributed by atoms with Crippen LogP contribution >= 0.6 is 12.2 Å². The molecule has 0 unspecified atom stereocenters.